The summed E-state index contributed by atoms with van der Waals surface area (Å²) < 4.78 is 2.47. The predicted molar refractivity (Wildman–Crippen MR) is 87.6 cm³/mol. The number of benzene rings is 1. The minimum atomic E-state index is 0.317. The fraction of sp³-hybridized carbons (Fsp3) is 0.611. The maximum atomic E-state index is 6.24. The minimum Gasteiger partial charge on any atom is -0.323 e. The van der Waals surface area contributed by atoms with Crippen molar-refractivity contribution in [3.05, 3.63) is 30.1 Å². The van der Waals surface area contributed by atoms with Gasteiger partial charge in [0.1, 0.15) is 5.82 Å². The molecule has 2 aliphatic carbocycles. The van der Waals surface area contributed by atoms with E-state index in [9.17, 15) is 0 Å². The molecule has 2 bridgehead atoms. The Morgan fingerprint density at radius 2 is 2.05 bits per heavy atom. The van der Waals surface area contributed by atoms with E-state index in [1.807, 2.05) is 0 Å². The van der Waals surface area contributed by atoms with Gasteiger partial charge in [-0.2, -0.15) is 0 Å². The average Bonchev–Trinajstić information content (AvgIpc) is 3.06. The Hall–Kier alpha value is -1.02. The number of nitrogens with zero attached hydrogens (tertiary/aromatic N) is 2. The first-order valence-electron chi connectivity index (χ1n) is 7.99. The van der Waals surface area contributed by atoms with Gasteiger partial charge in [0.05, 0.1) is 16.9 Å². The van der Waals surface area contributed by atoms with Gasteiger partial charge in [0.2, 0.25) is 0 Å². The molecule has 1 heterocycles. The van der Waals surface area contributed by atoms with Gasteiger partial charge in [0, 0.05) is 6.04 Å². The van der Waals surface area contributed by atoms with Gasteiger partial charge in [-0.05, 0) is 48.1 Å². The maximum Gasteiger partial charge on any atom is 0.125 e. The third kappa shape index (κ3) is 1.69. The van der Waals surface area contributed by atoms with Crippen LogP contribution in [0.1, 0.15) is 51.9 Å². The van der Waals surface area contributed by atoms with E-state index in [1.165, 1.54) is 24.8 Å². The first-order chi connectivity index (χ1) is 9.97. The Labute approximate surface area is 131 Å². The highest BCUT2D eigenvalue weighted by Crippen LogP contribution is 2.68. The van der Waals surface area contributed by atoms with Crippen LogP contribution in [0.25, 0.3) is 11.0 Å². The lowest BCUT2D eigenvalue weighted by Gasteiger charge is -2.44. The second-order valence-electron chi connectivity index (χ2n) is 7.84. The van der Waals surface area contributed by atoms with E-state index >= 15 is 0 Å². The van der Waals surface area contributed by atoms with E-state index in [-0.39, 0.29) is 0 Å². The van der Waals surface area contributed by atoms with Crippen molar-refractivity contribution in [1.29, 1.82) is 0 Å². The topological polar surface area (TPSA) is 17.8 Å². The number of para-hydroxylation sites is 2. The van der Waals surface area contributed by atoms with Crippen LogP contribution in [0.4, 0.5) is 0 Å². The highest BCUT2D eigenvalue weighted by Gasteiger charge is 2.60. The molecule has 0 N–H and O–H groups in total. The summed E-state index contributed by atoms with van der Waals surface area (Å²) >= 11 is 6.24. The van der Waals surface area contributed by atoms with Crippen molar-refractivity contribution in [3.63, 3.8) is 0 Å². The number of hydrogen-bond donors (Lipinski definition) is 0. The molecule has 21 heavy (non-hydrogen) atoms. The van der Waals surface area contributed by atoms with Crippen LogP contribution in [0.5, 0.6) is 0 Å². The molecule has 0 spiro atoms. The van der Waals surface area contributed by atoms with E-state index in [0.29, 0.717) is 22.8 Å². The van der Waals surface area contributed by atoms with Crippen molar-refractivity contribution in [2.75, 3.05) is 0 Å². The van der Waals surface area contributed by atoms with Gasteiger partial charge in [-0.25, -0.2) is 4.98 Å². The molecule has 2 nitrogen and oxygen atoms in total. The van der Waals surface area contributed by atoms with Gasteiger partial charge in [0.15, 0.2) is 0 Å². The Balaban J connectivity index is 1.98. The summed E-state index contributed by atoms with van der Waals surface area (Å²) in [6.45, 7) is 7.36. The number of imidazole rings is 1. The second kappa shape index (κ2) is 4.25. The van der Waals surface area contributed by atoms with Crippen molar-refractivity contribution < 1.29 is 0 Å². The van der Waals surface area contributed by atoms with E-state index < -0.39 is 0 Å². The zero-order chi connectivity index (χ0) is 14.8. The summed E-state index contributed by atoms with van der Waals surface area (Å²) in [6.07, 6.45) is 4.06. The van der Waals surface area contributed by atoms with Crippen LogP contribution in [0, 0.1) is 16.7 Å². The predicted octanol–water partition coefficient (Wildman–Crippen LogP) is 5.16. The number of aromatic nitrogens is 2. The highest BCUT2D eigenvalue weighted by atomic mass is 35.5. The Morgan fingerprint density at radius 3 is 2.71 bits per heavy atom. The summed E-state index contributed by atoms with van der Waals surface area (Å²) in [7, 11) is 0. The number of alkyl halides is 1. The fourth-order valence-electron chi connectivity index (χ4n) is 5.40. The normalized spacial score (nSPS) is 33.9. The molecule has 2 saturated carbocycles. The molecule has 0 amide bonds. The van der Waals surface area contributed by atoms with Crippen molar-refractivity contribution >= 4 is 22.6 Å². The van der Waals surface area contributed by atoms with Gasteiger partial charge in [-0.15, -0.1) is 11.6 Å². The summed E-state index contributed by atoms with van der Waals surface area (Å²) in [5.41, 5.74) is 3.03. The smallest absolute Gasteiger partial charge is 0.125 e. The molecule has 3 atom stereocenters. The van der Waals surface area contributed by atoms with Crippen LogP contribution in [0.15, 0.2) is 24.3 Å². The number of halogens is 1. The molecule has 0 saturated heterocycles. The Kier molecular flexibility index (Phi) is 2.76. The summed E-state index contributed by atoms with van der Waals surface area (Å²) in [5, 5.41) is 0. The molecule has 4 rings (SSSR count). The van der Waals surface area contributed by atoms with E-state index in [2.05, 4.69) is 49.6 Å². The molecule has 2 aliphatic rings. The van der Waals surface area contributed by atoms with E-state index in [0.717, 1.165) is 17.3 Å². The maximum absolute atomic E-state index is 6.24. The average molecular weight is 303 g/mol. The molecular weight excluding hydrogens is 280 g/mol. The molecule has 0 radical (unpaired) electrons. The SMILES string of the molecule is CC12CCC(C1)C(C)(C)C2n1c(CCl)nc2ccccc21. The lowest BCUT2D eigenvalue weighted by Crippen LogP contribution is -2.38. The summed E-state index contributed by atoms with van der Waals surface area (Å²) in [5.74, 6) is 2.35. The molecule has 3 unspecified atom stereocenters. The van der Waals surface area contributed by atoms with Crippen LogP contribution in [-0.4, -0.2) is 9.55 Å². The van der Waals surface area contributed by atoms with Gasteiger partial charge in [-0.1, -0.05) is 32.9 Å². The number of rotatable bonds is 2. The lowest BCUT2D eigenvalue weighted by molar-refractivity contribution is 0.0848. The van der Waals surface area contributed by atoms with Gasteiger partial charge < -0.3 is 4.57 Å². The van der Waals surface area contributed by atoms with Crippen LogP contribution < -0.4 is 0 Å². The second-order valence-corrected chi connectivity index (χ2v) is 8.11. The third-order valence-electron chi connectivity index (χ3n) is 6.24. The van der Waals surface area contributed by atoms with Crippen molar-refractivity contribution in [3.8, 4) is 0 Å². The largest absolute Gasteiger partial charge is 0.323 e. The summed E-state index contributed by atoms with van der Waals surface area (Å²) in [4.78, 5) is 4.79. The van der Waals surface area contributed by atoms with E-state index in [1.54, 1.807) is 0 Å². The van der Waals surface area contributed by atoms with Crippen LogP contribution in [0.2, 0.25) is 0 Å². The Bertz CT molecular complexity index is 698. The number of hydrogen-bond acceptors (Lipinski definition) is 1. The molecule has 112 valence electrons. The van der Waals surface area contributed by atoms with Gasteiger partial charge >= 0.3 is 0 Å². The van der Waals surface area contributed by atoms with Crippen LogP contribution in [0.3, 0.4) is 0 Å². The number of fused-ring (bicyclic) bond motifs is 3. The third-order valence-corrected chi connectivity index (χ3v) is 6.48. The van der Waals surface area contributed by atoms with Crippen molar-refractivity contribution in [1.82, 2.24) is 9.55 Å². The van der Waals surface area contributed by atoms with Crippen LogP contribution >= 0.6 is 11.6 Å². The van der Waals surface area contributed by atoms with Gasteiger partial charge in [-0.3, -0.25) is 0 Å². The standard InChI is InChI=1S/C18H23ClN2/c1-17(2)12-8-9-18(3,10-12)16(17)21-14-7-5-4-6-13(14)20-15(21)11-19/h4-7,12,16H,8-11H2,1-3H3. The molecule has 1 aromatic heterocycles. The monoisotopic (exact) mass is 302 g/mol. The van der Waals surface area contributed by atoms with Crippen molar-refractivity contribution in [2.45, 2.75) is 52.0 Å². The quantitative estimate of drug-likeness (QED) is 0.700. The first kappa shape index (κ1) is 13.6. The van der Waals surface area contributed by atoms with E-state index in [4.69, 9.17) is 16.6 Å². The molecule has 1 aromatic carbocycles. The minimum absolute atomic E-state index is 0.317. The molecular formula is C18H23ClN2. The lowest BCUT2D eigenvalue weighted by atomic mass is 9.68. The van der Waals surface area contributed by atoms with Crippen molar-refractivity contribution in [2.24, 2.45) is 16.7 Å². The first-order valence-corrected chi connectivity index (χ1v) is 8.52. The van der Waals surface area contributed by atoms with Crippen LogP contribution in [-0.2, 0) is 5.88 Å². The molecule has 2 fully saturated rings. The Morgan fingerprint density at radius 1 is 1.29 bits per heavy atom. The molecule has 2 aromatic rings. The molecule has 0 aliphatic heterocycles. The summed E-state index contributed by atoms with van der Waals surface area (Å²) in [6, 6.07) is 8.98. The van der Waals surface area contributed by atoms with Gasteiger partial charge in [0.25, 0.3) is 0 Å². The zero-order valence-corrected chi connectivity index (χ0v) is 13.8. The zero-order valence-electron chi connectivity index (χ0n) is 13.1. The fourth-order valence-corrected chi connectivity index (χ4v) is 5.59. The highest BCUT2D eigenvalue weighted by molar-refractivity contribution is 6.16. The molecule has 3 heteroatoms.